The minimum atomic E-state index is -0.925. The monoisotopic (exact) mass is 441 g/mol. The van der Waals surface area contributed by atoms with Crippen LogP contribution in [0.2, 0.25) is 10.2 Å². The molecule has 0 aliphatic carbocycles. The highest BCUT2D eigenvalue weighted by atomic mass is 35.5. The first-order valence-corrected chi connectivity index (χ1v) is 11.2. The molecule has 0 saturated carbocycles. The fraction of sp³-hybridized carbons (Fsp3) is 0.278. The molecule has 0 bridgehead atoms. The van der Waals surface area contributed by atoms with Crippen molar-refractivity contribution in [1.29, 1.82) is 0 Å². The fourth-order valence-electron chi connectivity index (χ4n) is 2.79. The van der Waals surface area contributed by atoms with E-state index in [0.717, 1.165) is 34.2 Å². The lowest BCUT2D eigenvalue weighted by molar-refractivity contribution is -0.131. The number of carbonyl (C=O) groups is 1. The predicted octanol–water partition coefficient (Wildman–Crippen LogP) is 4.81. The number of aliphatic carboxylic acids is 1. The Morgan fingerprint density at radius 3 is 2.78 bits per heavy atom. The summed E-state index contributed by atoms with van der Waals surface area (Å²) in [6.45, 7) is 2.17. The molecule has 1 fully saturated rings. The standard InChI is InChI=1S/C18H17Cl2N3O2S2/c19-14-4-2-1-3-12(14)10-23-8-7-15(13(11-23)9-18(24)25)26-27-17-6-5-16(20)21-22-17/h1-6,9,15H,7-8,10-11H2,(H,24,25). The maximum atomic E-state index is 11.3. The van der Waals surface area contributed by atoms with Gasteiger partial charge in [-0.25, -0.2) is 4.79 Å². The highest BCUT2D eigenvalue weighted by molar-refractivity contribution is 8.77. The minimum Gasteiger partial charge on any atom is -0.478 e. The van der Waals surface area contributed by atoms with Crippen LogP contribution >= 0.6 is 44.8 Å². The van der Waals surface area contributed by atoms with Crippen LogP contribution in [0.4, 0.5) is 0 Å². The summed E-state index contributed by atoms with van der Waals surface area (Å²) in [5, 5.41) is 19.0. The van der Waals surface area contributed by atoms with E-state index in [9.17, 15) is 9.90 Å². The largest absolute Gasteiger partial charge is 0.478 e. The van der Waals surface area contributed by atoms with E-state index < -0.39 is 5.97 Å². The van der Waals surface area contributed by atoms with Gasteiger partial charge < -0.3 is 5.11 Å². The van der Waals surface area contributed by atoms with Crippen LogP contribution in [0, 0.1) is 0 Å². The van der Waals surface area contributed by atoms with Crippen molar-refractivity contribution >= 4 is 50.8 Å². The Kier molecular flexibility index (Phi) is 7.43. The first-order valence-electron chi connectivity index (χ1n) is 8.23. The summed E-state index contributed by atoms with van der Waals surface area (Å²) in [6, 6.07) is 11.2. The molecule has 1 saturated heterocycles. The molecular formula is C18H17Cl2N3O2S2. The van der Waals surface area contributed by atoms with Crippen LogP contribution in [0.25, 0.3) is 0 Å². The van der Waals surface area contributed by atoms with Gasteiger partial charge in [-0.1, -0.05) is 52.2 Å². The molecule has 1 atom stereocenters. The molecule has 3 rings (SSSR count). The number of benzene rings is 1. The molecule has 9 heteroatoms. The topological polar surface area (TPSA) is 66.3 Å². The summed E-state index contributed by atoms with van der Waals surface area (Å²) < 4.78 is 0. The van der Waals surface area contributed by atoms with Crippen molar-refractivity contribution in [2.75, 3.05) is 13.1 Å². The number of carboxylic acids is 1. The molecule has 1 aromatic carbocycles. The van der Waals surface area contributed by atoms with Crippen molar-refractivity contribution in [2.45, 2.75) is 23.2 Å². The van der Waals surface area contributed by atoms with Crippen molar-refractivity contribution in [3.05, 3.63) is 63.8 Å². The normalized spacial score (nSPS) is 19.3. The maximum Gasteiger partial charge on any atom is 0.328 e. The molecule has 1 aliphatic heterocycles. The molecule has 0 spiro atoms. The molecule has 1 N–H and O–H groups in total. The number of piperidine rings is 1. The van der Waals surface area contributed by atoms with Gasteiger partial charge in [-0.05, 0) is 46.6 Å². The summed E-state index contributed by atoms with van der Waals surface area (Å²) in [4.78, 5) is 13.5. The van der Waals surface area contributed by atoms with Crippen molar-refractivity contribution in [2.24, 2.45) is 0 Å². The number of likely N-dealkylation sites (tertiary alicyclic amines) is 1. The Balaban J connectivity index is 1.65. The lowest BCUT2D eigenvalue weighted by atomic mass is 10.0. The van der Waals surface area contributed by atoms with Gasteiger partial charge in [-0.3, -0.25) is 4.90 Å². The van der Waals surface area contributed by atoms with E-state index in [2.05, 4.69) is 15.1 Å². The van der Waals surface area contributed by atoms with Crippen LogP contribution in [-0.2, 0) is 11.3 Å². The van der Waals surface area contributed by atoms with Gasteiger partial charge in [0.05, 0.1) is 0 Å². The van der Waals surface area contributed by atoms with E-state index >= 15 is 0 Å². The Hall–Kier alpha value is -1.25. The van der Waals surface area contributed by atoms with Crippen LogP contribution in [0.5, 0.6) is 0 Å². The number of rotatable bonds is 6. The molecule has 1 aromatic heterocycles. The Bertz CT molecular complexity index is 834. The van der Waals surface area contributed by atoms with Gasteiger partial charge in [0.15, 0.2) is 5.15 Å². The highest BCUT2D eigenvalue weighted by Gasteiger charge is 2.26. The summed E-state index contributed by atoms with van der Waals surface area (Å²) >= 11 is 12.0. The van der Waals surface area contributed by atoms with E-state index in [1.54, 1.807) is 22.9 Å². The number of hydrogen-bond acceptors (Lipinski definition) is 6. The van der Waals surface area contributed by atoms with Gasteiger partial charge in [0.1, 0.15) is 5.03 Å². The average Bonchev–Trinajstić information content (AvgIpc) is 2.64. The smallest absolute Gasteiger partial charge is 0.328 e. The third-order valence-corrected chi connectivity index (χ3v) is 7.37. The molecule has 2 aromatic rings. The Morgan fingerprint density at radius 1 is 1.26 bits per heavy atom. The van der Waals surface area contributed by atoms with Crippen LogP contribution in [0.15, 0.2) is 53.1 Å². The lowest BCUT2D eigenvalue weighted by Crippen LogP contribution is -2.36. The van der Waals surface area contributed by atoms with E-state index in [4.69, 9.17) is 23.2 Å². The van der Waals surface area contributed by atoms with Crippen LogP contribution < -0.4 is 0 Å². The molecule has 0 radical (unpaired) electrons. The first kappa shape index (κ1) is 20.5. The van der Waals surface area contributed by atoms with E-state index in [0.29, 0.717) is 18.2 Å². The molecule has 1 aliphatic rings. The summed E-state index contributed by atoms with van der Waals surface area (Å²) in [7, 11) is 3.09. The van der Waals surface area contributed by atoms with Gasteiger partial charge in [0.2, 0.25) is 0 Å². The van der Waals surface area contributed by atoms with Crippen molar-refractivity contribution in [3.8, 4) is 0 Å². The van der Waals surface area contributed by atoms with Gasteiger partial charge in [-0.2, -0.15) is 0 Å². The van der Waals surface area contributed by atoms with E-state index in [1.807, 2.05) is 24.3 Å². The van der Waals surface area contributed by atoms with Crippen LogP contribution in [0.1, 0.15) is 12.0 Å². The van der Waals surface area contributed by atoms with E-state index in [1.165, 1.54) is 16.9 Å². The lowest BCUT2D eigenvalue weighted by Gasteiger charge is -2.33. The van der Waals surface area contributed by atoms with Gasteiger partial charge >= 0.3 is 5.97 Å². The van der Waals surface area contributed by atoms with Gasteiger partial charge in [0.25, 0.3) is 0 Å². The molecule has 0 amide bonds. The summed E-state index contributed by atoms with van der Waals surface area (Å²) in [5.74, 6) is -0.925. The molecular weight excluding hydrogens is 425 g/mol. The SMILES string of the molecule is O=C(O)C=C1CN(Cc2ccccc2Cl)CCC1SSc1ccc(Cl)nn1. The molecule has 5 nitrogen and oxygen atoms in total. The molecule has 1 unspecified atom stereocenters. The highest BCUT2D eigenvalue weighted by Crippen LogP contribution is 2.40. The number of nitrogens with zero attached hydrogens (tertiary/aromatic N) is 3. The van der Waals surface area contributed by atoms with Gasteiger partial charge in [0, 0.05) is 36.0 Å². The second kappa shape index (κ2) is 9.80. The van der Waals surface area contributed by atoms with Crippen molar-refractivity contribution in [3.63, 3.8) is 0 Å². The average molecular weight is 442 g/mol. The van der Waals surface area contributed by atoms with Crippen molar-refractivity contribution < 1.29 is 9.90 Å². The molecule has 27 heavy (non-hydrogen) atoms. The second-order valence-electron chi connectivity index (χ2n) is 6.01. The maximum absolute atomic E-state index is 11.3. The first-order chi connectivity index (χ1) is 13.0. The summed E-state index contributed by atoms with van der Waals surface area (Å²) in [5.41, 5.74) is 1.94. The Morgan fingerprint density at radius 2 is 2.07 bits per heavy atom. The number of hydrogen-bond donors (Lipinski definition) is 1. The van der Waals surface area contributed by atoms with Crippen molar-refractivity contribution in [1.82, 2.24) is 15.1 Å². The zero-order chi connectivity index (χ0) is 19.2. The third kappa shape index (κ3) is 6.12. The number of halogens is 2. The summed E-state index contributed by atoms with van der Waals surface area (Å²) in [6.07, 6.45) is 2.17. The predicted molar refractivity (Wildman–Crippen MR) is 111 cm³/mol. The molecule has 142 valence electrons. The van der Waals surface area contributed by atoms with Gasteiger partial charge in [-0.15, -0.1) is 10.2 Å². The van der Waals surface area contributed by atoms with Crippen LogP contribution in [0.3, 0.4) is 0 Å². The zero-order valence-corrected chi connectivity index (χ0v) is 17.4. The minimum absolute atomic E-state index is 0.103. The number of carboxylic acid groups (broad SMARTS) is 1. The van der Waals surface area contributed by atoms with E-state index in [-0.39, 0.29) is 5.25 Å². The second-order valence-corrected chi connectivity index (χ2v) is 9.23. The zero-order valence-electron chi connectivity index (χ0n) is 14.2. The quantitative estimate of drug-likeness (QED) is 0.509. The third-order valence-electron chi connectivity index (χ3n) is 4.05. The Labute approximate surface area is 175 Å². The fourth-order valence-corrected chi connectivity index (χ4v) is 5.54. The van der Waals surface area contributed by atoms with Crippen LogP contribution in [-0.4, -0.2) is 44.5 Å². The number of aromatic nitrogens is 2. The molecule has 2 heterocycles.